The molecule has 2 amide bonds. The van der Waals surface area contributed by atoms with Crippen LogP contribution in [-0.4, -0.2) is 62.7 Å². The minimum absolute atomic E-state index is 0.0333. The number of piperazine rings is 1. The van der Waals surface area contributed by atoms with Gasteiger partial charge < -0.3 is 19.3 Å². The number of hydrogen-bond acceptors (Lipinski definition) is 5. The van der Waals surface area contributed by atoms with Gasteiger partial charge >= 0.3 is 0 Å². The predicted octanol–water partition coefficient (Wildman–Crippen LogP) is 2.47. The highest BCUT2D eigenvalue weighted by Crippen LogP contribution is 2.34. The SMILES string of the molecule is COc1ccc(N2CCN(C(=O)CN3C(=O)C(C)Oc4ccc(C)cc43)CC2)cc1. The Morgan fingerprint density at radius 2 is 1.80 bits per heavy atom. The van der Waals surface area contributed by atoms with Gasteiger partial charge in [-0.15, -0.1) is 0 Å². The van der Waals surface area contributed by atoms with Crippen LogP contribution in [0.5, 0.6) is 11.5 Å². The maximum absolute atomic E-state index is 13.0. The number of ether oxygens (including phenoxy) is 2. The van der Waals surface area contributed by atoms with Crippen LogP contribution in [0.3, 0.4) is 0 Å². The fourth-order valence-electron chi connectivity index (χ4n) is 3.92. The molecule has 2 aromatic carbocycles. The summed E-state index contributed by atoms with van der Waals surface area (Å²) < 4.78 is 10.9. The van der Waals surface area contributed by atoms with E-state index in [1.165, 1.54) is 0 Å². The molecule has 1 atom stereocenters. The third-order valence-corrected chi connectivity index (χ3v) is 5.69. The van der Waals surface area contributed by atoms with Crippen LogP contribution in [0.4, 0.5) is 11.4 Å². The number of benzene rings is 2. The number of rotatable bonds is 4. The molecular weight excluding hydrogens is 382 g/mol. The first-order valence-corrected chi connectivity index (χ1v) is 10.2. The first-order chi connectivity index (χ1) is 14.5. The number of nitrogens with zero attached hydrogens (tertiary/aromatic N) is 3. The lowest BCUT2D eigenvalue weighted by Gasteiger charge is -2.38. The molecule has 2 heterocycles. The minimum atomic E-state index is -0.597. The Labute approximate surface area is 176 Å². The van der Waals surface area contributed by atoms with Crippen LogP contribution in [0.15, 0.2) is 42.5 Å². The van der Waals surface area contributed by atoms with Crippen molar-refractivity contribution in [2.45, 2.75) is 20.0 Å². The molecule has 0 saturated carbocycles. The molecule has 2 aliphatic rings. The zero-order valence-corrected chi connectivity index (χ0v) is 17.6. The van der Waals surface area contributed by atoms with Gasteiger partial charge in [-0.3, -0.25) is 14.5 Å². The van der Waals surface area contributed by atoms with Gasteiger partial charge in [-0.1, -0.05) is 6.07 Å². The molecule has 0 aliphatic carbocycles. The average molecular weight is 409 g/mol. The molecular formula is C23H27N3O4. The Morgan fingerprint density at radius 3 is 2.47 bits per heavy atom. The molecule has 4 rings (SSSR count). The van der Waals surface area contributed by atoms with Crippen molar-refractivity contribution in [3.63, 3.8) is 0 Å². The number of amides is 2. The maximum Gasteiger partial charge on any atom is 0.268 e. The van der Waals surface area contributed by atoms with E-state index in [-0.39, 0.29) is 18.4 Å². The molecule has 2 aliphatic heterocycles. The van der Waals surface area contributed by atoms with Crippen LogP contribution in [-0.2, 0) is 9.59 Å². The van der Waals surface area contributed by atoms with Crippen molar-refractivity contribution in [1.82, 2.24) is 4.90 Å². The summed E-state index contributed by atoms with van der Waals surface area (Å²) in [5.74, 6) is 1.25. The summed E-state index contributed by atoms with van der Waals surface area (Å²) in [6.45, 7) is 6.46. The fraction of sp³-hybridized carbons (Fsp3) is 0.391. The summed E-state index contributed by atoms with van der Waals surface area (Å²) in [7, 11) is 1.65. The Morgan fingerprint density at radius 1 is 1.10 bits per heavy atom. The first-order valence-electron chi connectivity index (χ1n) is 10.2. The monoisotopic (exact) mass is 409 g/mol. The van der Waals surface area contributed by atoms with E-state index in [1.54, 1.807) is 18.9 Å². The highest BCUT2D eigenvalue weighted by molar-refractivity contribution is 6.03. The molecule has 30 heavy (non-hydrogen) atoms. The van der Waals surface area contributed by atoms with Crippen LogP contribution < -0.4 is 19.3 Å². The topological polar surface area (TPSA) is 62.3 Å². The standard InChI is InChI=1S/C23H27N3O4/c1-16-4-9-21-20(14-16)26(23(28)17(2)30-21)15-22(27)25-12-10-24(11-13-25)18-5-7-19(29-3)8-6-18/h4-9,14,17H,10-13,15H2,1-3H3. The highest BCUT2D eigenvalue weighted by atomic mass is 16.5. The number of hydrogen-bond donors (Lipinski definition) is 0. The van der Waals surface area contributed by atoms with Gasteiger partial charge in [0.1, 0.15) is 18.0 Å². The predicted molar refractivity (Wildman–Crippen MR) is 115 cm³/mol. The second-order valence-corrected chi connectivity index (χ2v) is 7.72. The maximum atomic E-state index is 13.0. The normalized spacial score (nSPS) is 18.7. The fourth-order valence-corrected chi connectivity index (χ4v) is 3.92. The van der Waals surface area contributed by atoms with E-state index in [1.807, 2.05) is 54.3 Å². The smallest absolute Gasteiger partial charge is 0.268 e. The Bertz CT molecular complexity index is 936. The summed E-state index contributed by atoms with van der Waals surface area (Å²) in [6.07, 6.45) is -0.597. The van der Waals surface area contributed by atoms with E-state index in [4.69, 9.17) is 9.47 Å². The molecule has 1 fully saturated rings. The lowest BCUT2D eigenvalue weighted by atomic mass is 10.1. The molecule has 0 spiro atoms. The van der Waals surface area contributed by atoms with Crippen LogP contribution in [0.1, 0.15) is 12.5 Å². The molecule has 0 radical (unpaired) electrons. The molecule has 1 saturated heterocycles. The second-order valence-electron chi connectivity index (χ2n) is 7.72. The van der Waals surface area contributed by atoms with Gasteiger partial charge in [0.25, 0.3) is 5.91 Å². The molecule has 0 N–H and O–H groups in total. The van der Waals surface area contributed by atoms with E-state index in [0.717, 1.165) is 30.1 Å². The number of fused-ring (bicyclic) bond motifs is 1. The summed E-state index contributed by atoms with van der Waals surface area (Å²) in [4.78, 5) is 31.4. The largest absolute Gasteiger partial charge is 0.497 e. The first kappa shape index (κ1) is 20.1. The highest BCUT2D eigenvalue weighted by Gasteiger charge is 2.34. The lowest BCUT2D eigenvalue weighted by molar-refractivity contribution is -0.133. The Balaban J connectivity index is 1.41. The summed E-state index contributed by atoms with van der Waals surface area (Å²) in [5, 5.41) is 0. The van der Waals surface area contributed by atoms with Crippen LogP contribution >= 0.6 is 0 Å². The van der Waals surface area contributed by atoms with Crippen LogP contribution in [0.2, 0.25) is 0 Å². The molecule has 0 bridgehead atoms. The second kappa shape index (κ2) is 8.26. The number of carbonyl (C=O) groups excluding carboxylic acids is 2. The summed E-state index contributed by atoms with van der Waals surface area (Å²) >= 11 is 0. The number of anilines is 2. The average Bonchev–Trinajstić information content (AvgIpc) is 2.77. The Hall–Kier alpha value is -3.22. The number of carbonyl (C=O) groups is 2. The van der Waals surface area contributed by atoms with Gasteiger partial charge in [-0.05, 0) is 55.8 Å². The van der Waals surface area contributed by atoms with E-state index in [9.17, 15) is 9.59 Å². The summed E-state index contributed by atoms with van der Waals surface area (Å²) in [5.41, 5.74) is 2.80. The zero-order chi connectivity index (χ0) is 21.3. The van der Waals surface area contributed by atoms with Crippen molar-refractivity contribution >= 4 is 23.2 Å². The van der Waals surface area contributed by atoms with Crippen molar-refractivity contribution in [3.8, 4) is 11.5 Å². The number of methoxy groups -OCH3 is 1. The quantitative estimate of drug-likeness (QED) is 0.776. The third kappa shape index (κ3) is 3.92. The van der Waals surface area contributed by atoms with Gasteiger partial charge in [0.2, 0.25) is 5.91 Å². The molecule has 2 aromatic rings. The van der Waals surface area contributed by atoms with E-state index in [0.29, 0.717) is 24.5 Å². The van der Waals surface area contributed by atoms with E-state index >= 15 is 0 Å². The van der Waals surface area contributed by atoms with E-state index < -0.39 is 6.10 Å². The molecule has 1 unspecified atom stereocenters. The van der Waals surface area contributed by atoms with Gasteiger partial charge in [-0.2, -0.15) is 0 Å². The molecule has 0 aromatic heterocycles. The number of aryl methyl sites for hydroxylation is 1. The third-order valence-electron chi connectivity index (χ3n) is 5.69. The van der Waals surface area contributed by atoms with Crippen molar-refractivity contribution in [2.75, 3.05) is 49.6 Å². The van der Waals surface area contributed by atoms with Crippen molar-refractivity contribution in [3.05, 3.63) is 48.0 Å². The van der Waals surface area contributed by atoms with Crippen LogP contribution in [0, 0.1) is 6.92 Å². The summed E-state index contributed by atoms with van der Waals surface area (Å²) in [6, 6.07) is 13.6. The molecule has 158 valence electrons. The minimum Gasteiger partial charge on any atom is -0.497 e. The van der Waals surface area contributed by atoms with Crippen molar-refractivity contribution in [1.29, 1.82) is 0 Å². The Kier molecular flexibility index (Phi) is 5.53. The molecule has 7 heteroatoms. The van der Waals surface area contributed by atoms with Crippen molar-refractivity contribution < 1.29 is 19.1 Å². The zero-order valence-electron chi connectivity index (χ0n) is 17.6. The van der Waals surface area contributed by atoms with Crippen LogP contribution in [0.25, 0.3) is 0 Å². The molecule has 7 nitrogen and oxygen atoms in total. The van der Waals surface area contributed by atoms with Gasteiger partial charge in [0.15, 0.2) is 6.10 Å². The van der Waals surface area contributed by atoms with Gasteiger partial charge in [0.05, 0.1) is 12.8 Å². The lowest BCUT2D eigenvalue weighted by Crippen LogP contribution is -2.54. The van der Waals surface area contributed by atoms with Crippen molar-refractivity contribution in [2.24, 2.45) is 0 Å². The van der Waals surface area contributed by atoms with Gasteiger partial charge in [-0.25, -0.2) is 0 Å². The van der Waals surface area contributed by atoms with Gasteiger partial charge in [0, 0.05) is 31.9 Å². The van der Waals surface area contributed by atoms with E-state index in [2.05, 4.69) is 4.90 Å².